The van der Waals surface area contributed by atoms with Gasteiger partial charge in [-0.25, -0.2) is 0 Å². The molecule has 3 rings (SSSR count). The van der Waals surface area contributed by atoms with Crippen molar-refractivity contribution in [2.24, 2.45) is 0 Å². The van der Waals surface area contributed by atoms with E-state index in [2.05, 4.69) is 53.3 Å². The summed E-state index contributed by atoms with van der Waals surface area (Å²) in [5.41, 5.74) is 4.95. The number of ether oxygens (including phenoxy) is 2. The number of benzene rings is 3. The first-order valence-electron chi connectivity index (χ1n) is 9.75. The molecule has 3 nitrogen and oxygen atoms in total. The zero-order chi connectivity index (χ0) is 20.3. The molecule has 0 aromatic heterocycles. The minimum atomic E-state index is -0.195. The number of thioether (sulfide) groups is 1. The highest BCUT2D eigenvalue weighted by atomic mass is 32.2. The van der Waals surface area contributed by atoms with Crippen LogP contribution < -0.4 is 4.74 Å². The van der Waals surface area contributed by atoms with E-state index in [4.69, 9.17) is 4.74 Å². The second-order valence-electron chi connectivity index (χ2n) is 6.73. The Morgan fingerprint density at radius 2 is 1.62 bits per heavy atom. The highest BCUT2D eigenvalue weighted by molar-refractivity contribution is 7.99. The molecule has 4 heteroatoms. The Balaban J connectivity index is 1.41. The van der Waals surface area contributed by atoms with Crippen LogP contribution in [0.3, 0.4) is 0 Å². The molecule has 0 aliphatic carbocycles. The quantitative estimate of drug-likeness (QED) is 0.316. The van der Waals surface area contributed by atoms with Gasteiger partial charge in [-0.05, 0) is 47.2 Å². The van der Waals surface area contributed by atoms with Crippen LogP contribution in [0.15, 0.2) is 78.9 Å². The van der Waals surface area contributed by atoms with E-state index in [1.54, 1.807) is 11.8 Å². The monoisotopic (exact) mass is 406 g/mol. The van der Waals surface area contributed by atoms with Gasteiger partial charge in [-0.1, -0.05) is 66.7 Å². The van der Waals surface area contributed by atoms with Gasteiger partial charge >= 0.3 is 5.97 Å². The number of carbonyl (C=O) groups excluding carboxylic acids is 1. The predicted octanol–water partition coefficient (Wildman–Crippen LogP) is 5.77. The van der Waals surface area contributed by atoms with E-state index in [0.29, 0.717) is 12.4 Å². The molecule has 3 aromatic rings. The molecule has 0 saturated carbocycles. The lowest BCUT2D eigenvalue weighted by Crippen LogP contribution is -2.03. The number of hydrogen-bond acceptors (Lipinski definition) is 4. The van der Waals surface area contributed by atoms with Crippen molar-refractivity contribution >= 4 is 17.7 Å². The Morgan fingerprint density at radius 3 is 2.38 bits per heavy atom. The second kappa shape index (κ2) is 11.3. The molecule has 0 N–H and O–H groups in total. The predicted molar refractivity (Wildman–Crippen MR) is 120 cm³/mol. The minimum absolute atomic E-state index is 0.195. The molecule has 0 aliphatic rings. The van der Waals surface area contributed by atoms with Crippen LogP contribution in [0, 0.1) is 0 Å². The fourth-order valence-electron chi connectivity index (χ4n) is 3.00. The Morgan fingerprint density at radius 1 is 0.862 bits per heavy atom. The molecule has 29 heavy (non-hydrogen) atoms. The number of hydrogen-bond donors (Lipinski definition) is 0. The van der Waals surface area contributed by atoms with Gasteiger partial charge in [0.2, 0.25) is 0 Å². The molecule has 0 amide bonds. The molecule has 0 atom stereocenters. The lowest BCUT2D eigenvalue weighted by molar-refractivity contribution is -0.137. The third-order valence-corrected chi connectivity index (χ3v) is 5.53. The fourth-order valence-corrected chi connectivity index (χ4v) is 3.80. The van der Waals surface area contributed by atoms with Crippen molar-refractivity contribution in [2.45, 2.75) is 18.6 Å². The zero-order valence-electron chi connectivity index (χ0n) is 16.7. The molecular formula is C25H26O3S. The summed E-state index contributed by atoms with van der Waals surface area (Å²) in [5.74, 6) is 1.81. The van der Waals surface area contributed by atoms with Crippen molar-refractivity contribution in [2.75, 3.05) is 19.5 Å². The smallest absolute Gasteiger partial charge is 0.315 e. The Kier molecular flexibility index (Phi) is 8.20. The molecule has 0 bridgehead atoms. The number of aryl methyl sites for hydroxylation is 1. The third kappa shape index (κ3) is 6.99. The van der Waals surface area contributed by atoms with Crippen LogP contribution in [0.4, 0.5) is 0 Å². The average molecular weight is 407 g/mol. The van der Waals surface area contributed by atoms with Crippen LogP contribution in [0.1, 0.15) is 17.5 Å². The van der Waals surface area contributed by atoms with Gasteiger partial charge in [0.15, 0.2) is 0 Å². The zero-order valence-corrected chi connectivity index (χ0v) is 17.5. The largest absolute Gasteiger partial charge is 0.494 e. The first-order chi connectivity index (χ1) is 14.2. The van der Waals surface area contributed by atoms with Gasteiger partial charge in [-0.3, -0.25) is 4.79 Å². The van der Waals surface area contributed by atoms with Gasteiger partial charge in [-0.2, -0.15) is 0 Å². The summed E-state index contributed by atoms with van der Waals surface area (Å²) in [4.78, 5) is 11.2. The van der Waals surface area contributed by atoms with Gasteiger partial charge in [0.25, 0.3) is 0 Å². The lowest BCUT2D eigenvalue weighted by Gasteiger charge is -2.09. The maximum atomic E-state index is 11.2. The maximum Gasteiger partial charge on any atom is 0.315 e. The Labute approximate surface area is 177 Å². The van der Waals surface area contributed by atoms with Crippen LogP contribution in [0.5, 0.6) is 5.75 Å². The molecule has 0 spiro atoms. The van der Waals surface area contributed by atoms with E-state index in [9.17, 15) is 4.79 Å². The highest BCUT2D eigenvalue weighted by Crippen LogP contribution is 2.21. The van der Waals surface area contributed by atoms with E-state index in [-0.39, 0.29) is 5.97 Å². The van der Waals surface area contributed by atoms with E-state index in [0.717, 1.165) is 29.9 Å². The molecule has 0 aliphatic heterocycles. The van der Waals surface area contributed by atoms with E-state index >= 15 is 0 Å². The van der Waals surface area contributed by atoms with Crippen molar-refractivity contribution in [1.82, 2.24) is 0 Å². The number of methoxy groups -OCH3 is 1. The molecule has 150 valence electrons. The SMILES string of the molecule is COC(=O)CSCc1cccc(OCCCc2ccc(-c3ccccc3)cc2)c1. The summed E-state index contributed by atoms with van der Waals surface area (Å²) in [5, 5.41) is 0. The minimum Gasteiger partial charge on any atom is -0.494 e. The summed E-state index contributed by atoms with van der Waals surface area (Å²) in [6.07, 6.45) is 1.95. The first kappa shape index (κ1) is 21.0. The summed E-state index contributed by atoms with van der Waals surface area (Å²) in [6, 6.07) is 27.2. The molecule has 0 heterocycles. The van der Waals surface area contributed by atoms with E-state index in [1.807, 2.05) is 30.3 Å². The number of rotatable bonds is 10. The van der Waals surface area contributed by atoms with Crippen LogP contribution in [-0.2, 0) is 21.7 Å². The summed E-state index contributed by atoms with van der Waals surface area (Å²) >= 11 is 1.54. The van der Waals surface area contributed by atoms with E-state index < -0.39 is 0 Å². The van der Waals surface area contributed by atoms with Crippen molar-refractivity contribution in [3.8, 4) is 16.9 Å². The van der Waals surface area contributed by atoms with Crippen LogP contribution in [0.25, 0.3) is 11.1 Å². The summed E-state index contributed by atoms with van der Waals surface area (Å²) < 4.78 is 10.6. The van der Waals surface area contributed by atoms with Gasteiger partial charge in [0.1, 0.15) is 5.75 Å². The standard InChI is InChI=1S/C25H26O3S/c1-27-25(26)19-29-18-21-7-5-11-24(17-21)28-16-6-8-20-12-14-23(15-13-20)22-9-3-2-4-10-22/h2-5,7,9-15,17H,6,8,16,18-19H2,1H3. The first-order valence-corrected chi connectivity index (χ1v) is 10.9. The third-order valence-electron chi connectivity index (χ3n) is 4.55. The fraction of sp³-hybridized carbons (Fsp3) is 0.240. The average Bonchev–Trinajstić information content (AvgIpc) is 2.78. The van der Waals surface area contributed by atoms with Crippen molar-refractivity contribution < 1.29 is 14.3 Å². The van der Waals surface area contributed by atoms with Gasteiger partial charge in [-0.15, -0.1) is 11.8 Å². The molecule has 0 radical (unpaired) electrons. The van der Waals surface area contributed by atoms with Crippen molar-refractivity contribution in [3.63, 3.8) is 0 Å². The second-order valence-corrected chi connectivity index (χ2v) is 7.72. The Bertz CT molecular complexity index is 891. The topological polar surface area (TPSA) is 35.5 Å². The van der Waals surface area contributed by atoms with Gasteiger partial charge in [0, 0.05) is 5.75 Å². The summed E-state index contributed by atoms with van der Waals surface area (Å²) in [7, 11) is 1.41. The lowest BCUT2D eigenvalue weighted by atomic mass is 10.0. The maximum absolute atomic E-state index is 11.2. The van der Waals surface area contributed by atoms with E-state index in [1.165, 1.54) is 23.8 Å². The summed E-state index contributed by atoms with van der Waals surface area (Å²) in [6.45, 7) is 0.680. The van der Waals surface area contributed by atoms with Crippen molar-refractivity contribution in [1.29, 1.82) is 0 Å². The van der Waals surface area contributed by atoms with Crippen molar-refractivity contribution in [3.05, 3.63) is 90.0 Å². The number of carbonyl (C=O) groups is 1. The van der Waals surface area contributed by atoms with Crippen LogP contribution in [-0.4, -0.2) is 25.4 Å². The van der Waals surface area contributed by atoms with Gasteiger partial charge in [0.05, 0.1) is 19.5 Å². The molecule has 0 saturated heterocycles. The van der Waals surface area contributed by atoms with Crippen LogP contribution in [0.2, 0.25) is 0 Å². The molecule has 0 fully saturated rings. The normalized spacial score (nSPS) is 10.5. The highest BCUT2D eigenvalue weighted by Gasteiger charge is 2.03. The molecule has 3 aromatic carbocycles. The Hall–Kier alpha value is -2.72. The van der Waals surface area contributed by atoms with Crippen LogP contribution >= 0.6 is 11.8 Å². The molecular weight excluding hydrogens is 380 g/mol. The van der Waals surface area contributed by atoms with Gasteiger partial charge < -0.3 is 9.47 Å². The number of esters is 1. The molecule has 0 unspecified atom stereocenters.